The van der Waals surface area contributed by atoms with Crippen molar-refractivity contribution < 1.29 is 14.9 Å². The van der Waals surface area contributed by atoms with E-state index in [9.17, 15) is 10.2 Å². The maximum atomic E-state index is 10.2. The third-order valence-electron chi connectivity index (χ3n) is 6.14. The molecular formula is C23H38O3. The first-order chi connectivity index (χ1) is 12.1. The van der Waals surface area contributed by atoms with Crippen molar-refractivity contribution in [1.82, 2.24) is 0 Å². The van der Waals surface area contributed by atoms with Gasteiger partial charge in [-0.15, -0.1) is 0 Å². The fourth-order valence-electron chi connectivity index (χ4n) is 4.15. The number of phenols is 2. The van der Waals surface area contributed by atoms with Crippen molar-refractivity contribution in [3.05, 3.63) is 16.7 Å². The summed E-state index contributed by atoms with van der Waals surface area (Å²) in [4.78, 5) is 0. The van der Waals surface area contributed by atoms with Crippen molar-refractivity contribution in [2.24, 2.45) is 11.8 Å². The Bertz CT molecular complexity index is 621. The van der Waals surface area contributed by atoms with E-state index in [4.69, 9.17) is 4.74 Å². The highest BCUT2D eigenvalue weighted by Crippen LogP contribution is 2.47. The van der Waals surface area contributed by atoms with Gasteiger partial charge in [0.05, 0.1) is 0 Å². The second kappa shape index (κ2) is 8.54. The van der Waals surface area contributed by atoms with Gasteiger partial charge < -0.3 is 14.9 Å². The Kier molecular flexibility index (Phi) is 6.87. The molecule has 3 heteroatoms. The molecule has 2 unspecified atom stereocenters. The Hall–Kier alpha value is -1.38. The SMILES string of the molecule is Cc1c(O)c(O)c(C)c2c1CCC(C)(CCCC(C)CCCC(C)C)O2. The molecule has 1 aliphatic rings. The first-order valence-electron chi connectivity index (χ1n) is 10.4. The topological polar surface area (TPSA) is 49.7 Å². The summed E-state index contributed by atoms with van der Waals surface area (Å²) < 4.78 is 6.39. The average molecular weight is 363 g/mol. The lowest BCUT2D eigenvalue weighted by atomic mass is 9.84. The molecule has 3 nitrogen and oxygen atoms in total. The van der Waals surface area contributed by atoms with E-state index < -0.39 is 0 Å². The van der Waals surface area contributed by atoms with Gasteiger partial charge in [0, 0.05) is 16.7 Å². The molecule has 0 saturated carbocycles. The summed E-state index contributed by atoms with van der Waals surface area (Å²) in [6, 6.07) is 0. The minimum Gasteiger partial charge on any atom is -0.504 e. The van der Waals surface area contributed by atoms with Crippen molar-refractivity contribution in [3.63, 3.8) is 0 Å². The number of hydrogen-bond acceptors (Lipinski definition) is 3. The molecule has 2 rings (SSSR count). The van der Waals surface area contributed by atoms with Crippen LogP contribution in [0.15, 0.2) is 0 Å². The van der Waals surface area contributed by atoms with Crippen LogP contribution < -0.4 is 4.74 Å². The molecule has 0 bridgehead atoms. The van der Waals surface area contributed by atoms with Crippen LogP contribution in [-0.4, -0.2) is 15.8 Å². The molecule has 1 aromatic carbocycles. The van der Waals surface area contributed by atoms with Crippen molar-refractivity contribution in [2.45, 2.75) is 98.5 Å². The number of ether oxygens (including phenoxy) is 1. The van der Waals surface area contributed by atoms with Gasteiger partial charge in [-0.25, -0.2) is 0 Å². The molecule has 0 spiro atoms. The molecule has 2 atom stereocenters. The second-order valence-electron chi connectivity index (χ2n) is 9.13. The van der Waals surface area contributed by atoms with Crippen LogP contribution in [0.4, 0.5) is 0 Å². The molecule has 0 radical (unpaired) electrons. The predicted octanol–water partition coefficient (Wildman–Crippen LogP) is 6.43. The quantitative estimate of drug-likeness (QED) is 0.524. The van der Waals surface area contributed by atoms with Crippen LogP contribution in [0, 0.1) is 25.7 Å². The van der Waals surface area contributed by atoms with E-state index in [0.717, 1.165) is 48.0 Å². The summed E-state index contributed by atoms with van der Waals surface area (Å²) in [6.45, 7) is 12.8. The Morgan fingerprint density at radius 2 is 1.58 bits per heavy atom. The molecule has 1 heterocycles. The van der Waals surface area contributed by atoms with E-state index in [1.807, 2.05) is 13.8 Å². The van der Waals surface area contributed by atoms with Crippen LogP contribution in [-0.2, 0) is 6.42 Å². The molecule has 148 valence electrons. The number of hydrogen-bond donors (Lipinski definition) is 2. The molecule has 1 aromatic rings. The summed E-state index contributed by atoms with van der Waals surface area (Å²) in [6.07, 6.45) is 9.32. The van der Waals surface area contributed by atoms with Gasteiger partial charge in [-0.05, 0) is 58.3 Å². The lowest BCUT2D eigenvalue weighted by molar-refractivity contribution is 0.0509. The normalized spacial score (nSPS) is 20.7. The fraction of sp³-hybridized carbons (Fsp3) is 0.739. The zero-order valence-corrected chi connectivity index (χ0v) is 17.6. The summed E-state index contributed by atoms with van der Waals surface area (Å²) in [5.41, 5.74) is 2.29. The Morgan fingerprint density at radius 3 is 2.23 bits per heavy atom. The highest BCUT2D eigenvalue weighted by Gasteiger charge is 2.34. The van der Waals surface area contributed by atoms with Gasteiger partial charge in [-0.3, -0.25) is 0 Å². The van der Waals surface area contributed by atoms with Crippen LogP contribution in [0.3, 0.4) is 0 Å². The Labute approximate surface area is 159 Å². The van der Waals surface area contributed by atoms with Crippen molar-refractivity contribution in [2.75, 3.05) is 0 Å². The van der Waals surface area contributed by atoms with Gasteiger partial charge in [-0.2, -0.15) is 0 Å². The fourth-order valence-corrected chi connectivity index (χ4v) is 4.15. The lowest BCUT2D eigenvalue weighted by Crippen LogP contribution is -2.37. The molecule has 26 heavy (non-hydrogen) atoms. The zero-order valence-electron chi connectivity index (χ0n) is 17.6. The zero-order chi connectivity index (χ0) is 19.5. The smallest absolute Gasteiger partial charge is 0.164 e. The van der Waals surface area contributed by atoms with Crippen molar-refractivity contribution in [1.29, 1.82) is 0 Å². The van der Waals surface area contributed by atoms with E-state index in [0.29, 0.717) is 5.56 Å². The number of benzene rings is 1. The number of aromatic hydroxyl groups is 2. The molecule has 0 aliphatic carbocycles. The van der Waals surface area contributed by atoms with E-state index in [1.54, 1.807) is 0 Å². The van der Waals surface area contributed by atoms with Crippen LogP contribution in [0.1, 0.15) is 89.3 Å². The predicted molar refractivity (Wildman–Crippen MR) is 108 cm³/mol. The first kappa shape index (κ1) is 20.9. The molecular weight excluding hydrogens is 324 g/mol. The van der Waals surface area contributed by atoms with E-state index in [1.165, 1.54) is 32.1 Å². The van der Waals surface area contributed by atoms with Crippen molar-refractivity contribution >= 4 is 0 Å². The van der Waals surface area contributed by atoms with Crippen LogP contribution >= 0.6 is 0 Å². The molecule has 0 fully saturated rings. The molecule has 2 N–H and O–H groups in total. The largest absolute Gasteiger partial charge is 0.504 e. The van der Waals surface area contributed by atoms with Crippen LogP contribution in [0.5, 0.6) is 17.2 Å². The van der Waals surface area contributed by atoms with Gasteiger partial charge in [-0.1, -0.05) is 46.5 Å². The van der Waals surface area contributed by atoms with Gasteiger partial charge in [0.2, 0.25) is 0 Å². The molecule has 0 amide bonds. The number of phenolic OH excluding ortho intramolecular Hbond substituents is 2. The summed E-state index contributed by atoms with van der Waals surface area (Å²) >= 11 is 0. The van der Waals surface area contributed by atoms with Crippen LogP contribution in [0.25, 0.3) is 0 Å². The maximum absolute atomic E-state index is 10.2. The standard InChI is InChI=1S/C23H38O3/c1-15(2)9-7-10-16(3)11-8-13-23(6)14-12-19-17(4)20(24)21(25)18(5)22(19)26-23/h15-16,24-25H,7-14H2,1-6H3. The second-order valence-corrected chi connectivity index (χ2v) is 9.13. The van der Waals surface area contributed by atoms with E-state index in [2.05, 4.69) is 27.7 Å². The molecule has 0 aromatic heterocycles. The minimum absolute atomic E-state index is 0.00340. The van der Waals surface area contributed by atoms with E-state index in [-0.39, 0.29) is 17.1 Å². The minimum atomic E-state index is -0.175. The maximum Gasteiger partial charge on any atom is 0.164 e. The monoisotopic (exact) mass is 362 g/mol. The third-order valence-corrected chi connectivity index (χ3v) is 6.14. The average Bonchev–Trinajstić information content (AvgIpc) is 2.57. The van der Waals surface area contributed by atoms with Gasteiger partial charge >= 0.3 is 0 Å². The molecule has 1 aliphatic heterocycles. The van der Waals surface area contributed by atoms with Gasteiger partial charge in [0.25, 0.3) is 0 Å². The van der Waals surface area contributed by atoms with E-state index >= 15 is 0 Å². The van der Waals surface area contributed by atoms with Gasteiger partial charge in [0.1, 0.15) is 11.4 Å². The third kappa shape index (κ3) is 4.86. The highest BCUT2D eigenvalue weighted by molar-refractivity contribution is 5.61. The molecule has 0 saturated heterocycles. The Balaban J connectivity index is 1.93. The van der Waals surface area contributed by atoms with Crippen molar-refractivity contribution in [3.8, 4) is 17.2 Å². The summed E-state index contributed by atoms with van der Waals surface area (Å²) in [5.74, 6) is 2.34. The number of fused-ring (bicyclic) bond motifs is 1. The summed E-state index contributed by atoms with van der Waals surface area (Å²) in [5, 5.41) is 20.2. The van der Waals surface area contributed by atoms with Crippen LogP contribution in [0.2, 0.25) is 0 Å². The Morgan fingerprint density at radius 1 is 0.962 bits per heavy atom. The highest BCUT2D eigenvalue weighted by atomic mass is 16.5. The lowest BCUT2D eigenvalue weighted by Gasteiger charge is -2.38. The van der Waals surface area contributed by atoms with Gasteiger partial charge in [0.15, 0.2) is 11.5 Å². The summed E-state index contributed by atoms with van der Waals surface area (Å²) in [7, 11) is 0. The number of rotatable bonds is 8. The first-order valence-corrected chi connectivity index (χ1v) is 10.4.